The number of thiophene rings is 1. The van der Waals surface area contributed by atoms with Crippen LogP contribution < -0.4 is 0 Å². The Bertz CT molecular complexity index is 495. The van der Waals surface area contributed by atoms with Crippen molar-refractivity contribution >= 4 is 23.2 Å². The monoisotopic (exact) mass is 281 g/mol. The van der Waals surface area contributed by atoms with Crippen LogP contribution in [0.5, 0.6) is 0 Å². The minimum absolute atomic E-state index is 0.125. The quantitative estimate of drug-likeness (QED) is 0.926. The Hall–Kier alpha value is -1.36. The molecule has 1 aromatic heterocycles. The molecule has 5 heteroatoms. The van der Waals surface area contributed by atoms with E-state index in [0.717, 1.165) is 24.1 Å². The number of carbonyl (C=O) groups excluding carboxylic acids is 1. The fraction of sp³-hybridized carbons (Fsp3) is 0.571. The molecule has 1 N–H and O–H groups in total. The maximum Gasteiger partial charge on any atom is 0.326 e. The Balaban J connectivity index is 2.23. The van der Waals surface area contributed by atoms with Gasteiger partial charge in [0.1, 0.15) is 6.04 Å². The first kappa shape index (κ1) is 14.1. The molecular formula is C14H19NO3S. The van der Waals surface area contributed by atoms with Crippen molar-refractivity contribution in [1.29, 1.82) is 0 Å². The molecule has 0 saturated carbocycles. The highest BCUT2D eigenvalue weighted by Crippen LogP contribution is 2.26. The minimum Gasteiger partial charge on any atom is -0.480 e. The van der Waals surface area contributed by atoms with Gasteiger partial charge in [-0.2, -0.15) is 0 Å². The maximum absolute atomic E-state index is 12.5. The molecule has 1 aliphatic heterocycles. The molecule has 19 heavy (non-hydrogen) atoms. The molecule has 104 valence electrons. The summed E-state index contributed by atoms with van der Waals surface area (Å²) in [5.74, 6) is -1.02. The number of piperidine rings is 1. The van der Waals surface area contributed by atoms with E-state index >= 15 is 0 Å². The fourth-order valence-electron chi connectivity index (χ4n) is 2.55. The summed E-state index contributed by atoms with van der Waals surface area (Å²) in [6.07, 6.45) is 3.23. The molecule has 0 aromatic carbocycles. The van der Waals surface area contributed by atoms with E-state index < -0.39 is 12.0 Å². The van der Waals surface area contributed by atoms with Gasteiger partial charge in [-0.1, -0.05) is 6.92 Å². The first-order valence-electron chi connectivity index (χ1n) is 6.67. The van der Waals surface area contributed by atoms with E-state index in [9.17, 15) is 14.7 Å². The summed E-state index contributed by atoms with van der Waals surface area (Å²) in [4.78, 5) is 27.0. The number of carbonyl (C=O) groups is 2. The van der Waals surface area contributed by atoms with Crippen molar-refractivity contribution in [2.24, 2.45) is 0 Å². The second-order valence-corrected chi connectivity index (χ2v) is 6.15. The van der Waals surface area contributed by atoms with Gasteiger partial charge in [0.05, 0.1) is 4.88 Å². The number of rotatable bonds is 3. The van der Waals surface area contributed by atoms with Gasteiger partial charge in [-0.25, -0.2) is 4.79 Å². The summed E-state index contributed by atoms with van der Waals surface area (Å²) in [6.45, 7) is 4.61. The van der Waals surface area contributed by atoms with Crippen LogP contribution in [0.4, 0.5) is 0 Å². The average molecular weight is 281 g/mol. The molecule has 0 unspecified atom stereocenters. The number of nitrogens with zero attached hydrogens (tertiary/aromatic N) is 1. The highest BCUT2D eigenvalue weighted by atomic mass is 32.1. The number of amides is 1. The third-order valence-electron chi connectivity index (χ3n) is 3.66. The number of aryl methyl sites for hydroxylation is 2. The zero-order valence-electron chi connectivity index (χ0n) is 11.3. The highest BCUT2D eigenvalue weighted by Gasteiger charge is 2.33. The van der Waals surface area contributed by atoms with E-state index in [1.165, 1.54) is 21.8 Å². The van der Waals surface area contributed by atoms with Gasteiger partial charge >= 0.3 is 5.97 Å². The van der Waals surface area contributed by atoms with Crippen LogP contribution in [0.1, 0.15) is 46.3 Å². The SMILES string of the molecule is CCc1cc(C(=O)N2CCCC[C@@H]2C(=O)O)sc1C. The Morgan fingerprint density at radius 3 is 2.79 bits per heavy atom. The van der Waals surface area contributed by atoms with Crippen LogP contribution in [0.15, 0.2) is 6.07 Å². The van der Waals surface area contributed by atoms with Crippen molar-refractivity contribution in [2.45, 2.75) is 45.6 Å². The smallest absolute Gasteiger partial charge is 0.326 e. The third-order valence-corrected chi connectivity index (χ3v) is 4.74. The number of hydrogen-bond acceptors (Lipinski definition) is 3. The van der Waals surface area contributed by atoms with Gasteiger partial charge in [-0.05, 0) is 44.2 Å². The lowest BCUT2D eigenvalue weighted by Crippen LogP contribution is -2.47. The highest BCUT2D eigenvalue weighted by molar-refractivity contribution is 7.14. The second kappa shape index (κ2) is 5.74. The predicted octanol–water partition coefficient (Wildman–Crippen LogP) is 2.70. The number of aliphatic carboxylic acids is 1. The summed E-state index contributed by atoms with van der Waals surface area (Å²) < 4.78 is 0. The number of carboxylic acid groups (broad SMARTS) is 1. The van der Waals surface area contributed by atoms with Crippen molar-refractivity contribution in [3.05, 3.63) is 21.4 Å². The van der Waals surface area contributed by atoms with Gasteiger partial charge in [0.2, 0.25) is 0 Å². The van der Waals surface area contributed by atoms with Crippen LogP contribution in [0.25, 0.3) is 0 Å². The number of carboxylic acids is 1. The van der Waals surface area contributed by atoms with E-state index in [4.69, 9.17) is 0 Å². The summed E-state index contributed by atoms with van der Waals surface area (Å²) in [5.41, 5.74) is 1.18. The normalized spacial score (nSPS) is 19.5. The molecule has 1 amide bonds. The lowest BCUT2D eigenvalue weighted by molar-refractivity contribution is -0.143. The van der Waals surface area contributed by atoms with Crippen LogP contribution in [0.3, 0.4) is 0 Å². The first-order chi connectivity index (χ1) is 9.04. The molecule has 0 spiro atoms. The summed E-state index contributed by atoms with van der Waals surface area (Å²) in [7, 11) is 0. The molecule has 1 aromatic rings. The molecule has 0 bridgehead atoms. The molecule has 1 aliphatic rings. The van der Waals surface area contributed by atoms with Gasteiger partial charge in [-0.3, -0.25) is 4.79 Å². The van der Waals surface area contributed by atoms with Crippen LogP contribution in [0, 0.1) is 6.92 Å². The third kappa shape index (κ3) is 2.81. The van der Waals surface area contributed by atoms with E-state index in [1.807, 2.05) is 13.0 Å². The van der Waals surface area contributed by atoms with Gasteiger partial charge in [0.25, 0.3) is 5.91 Å². The van der Waals surface area contributed by atoms with Gasteiger partial charge in [0, 0.05) is 11.4 Å². The largest absolute Gasteiger partial charge is 0.480 e. The Morgan fingerprint density at radius 2 is 2.21 bits per heavy atom. The zero-order valence-corrected chi connectivity index (χ0v) is 12.1. The maximum atomic E-state index is 12.5. The van der Waals surface area contributed by atoms with Crippen molar-refractivity contribution in [3.8, 4) is 0 Å². The second-order valence-electron chi connectivity index (χ2n) is 4.89. The molecule has 1 saturated heterocycles. The molecular weight excluding hydrogens is 262 g/mol. The summed E-state index contributed by atoms with van der Waals surface area (Å²) in [5, 5.41) is 9.22. The van der Waals surface area contributed by atoms with E-state index in [2.05, 4.69) is 6.92 Å². The van der Waals surface area contributed by atoms with Crippen molar-refractivity contribution in [3.63, 3.8) is 0 Å². The number of hydrogen-bond donors (Lipinski definition) is 1. The Morgan fingerprint density at radius 1 is 1.47 bits per heavy atom. The molecule has 2 rings (SSSR count). The Labute approximate surface area is 117 Å². The van der Waals surface area contributed by atoms with Gasteiger partial charge in [0.15, 0.2) is 0 Å². The van der Waals surface area contributed by atoms with Gasteiger partial charge in [-0.15, -0.1) is 11.3 Å². The lowest BCUT2D eigenvalue weighted by Gasteiger charge is -2.32. The predicted molar refractivity (Wildman–Crippen MR) is 74.7 cm³/mol. The van der Waals surface area contributed by atoms with Crippen LogP contribution in [0.2, 0.25) is 0 Å². The van der Waals surface area contributed by atoms with Crippen molar-refractivity contribution in [2.75, 3.05) is 6.54 Å². The van der Waals surface area contributed by atoms with Gasteiger partial charge < -0.3 is 10.0 Å². The van der Waals surface area contributed by atoms with E-state index in [0.29, 0.717) is 17.8 Å². The van der Waals surface area contributed by atoms with Crippen molar-refractivity contribution < 1.29 is 14.7 Å². The molecule has 0 aliphatic carbocycles. The summed E-state index contributed by atoms with van der Waals surface area (Å²) >= 11 is 1.47. The molecule has 1 fully saturated rings. The van der Waals surface area contributed by atoms with Crippen LogP contribution in [-0.4, -0.2) is 34.5 Å². The van der Waals surface area contributed by atoms with Crippen molar-refractivity contribution in [1.82, 2.24) is 4.90 Å². The lowest BCUT2D eigenvalue weighted by atomic mass is 10.0. The molecule has 1 atom stereocenters. The van der Waals surface area contributed by atoms with E-state index in [1.54, 1.807) is 0 Å². The molecule has 2 heterocycles. The average Bonchev–Trinajstić information content (AvgIpc) is 2.79. The Kier molecular flexibility index (Phi) is 4.24. The van der Waals surface area contributed by atoms with Crippen LogP contribution in [-0.2, 0) is 11.2 Å². The topological polar surface area (TPSA) is 57.6 Å². The standard InChI is InChI=1S/C14H19NO3S/c1-3-10-8-12(19-9(10)2)13(16)15-7-5-4-6-11(15)14(17)18/h8,11H,3-7H2,1-2H3,(H,17,18)/t11-/m1/s1. The first-order valence-corrected chi connectivity index (χ1v) is 7.49. The number of likely N-dealkylation sites (tertiary alicyclic amines) is 1. The minimum atomic E-state index is -0.892. The molecule has 0 radical (unpaired) electrons. The zero-order chi connectivity index (χ0) is 14.0. The fourth-order valence-corrected chi connectivity index (χ4v) is 3.62. The van der Waals surface area contributed by atoms with Crippen LogP contribution >= 0.6 is 11.3 Å². The summed E-state index contributed by atoms with van der Waals surface area (Å²) in [6, 6.07) is 1.25. The molecule has 4 nitrogen and oxygen atoms in total. The van der Waals surface area contributed by atoms with E-state index in [-0.39, 0.29) is 5.91 Å².